The lowest BCUT2D eigenvalue weighted by Gasteiger charge is -2.29. The van der Waals surface area contributed by atoms with Crippen LogP contribution >= 0.6 is 0 Å². The fraction of sp³-hybridized carbons (Fsp3) is 0.250. The zero-order chi connectivity index (χ0) is 75.4. The summed E-state index contributed by atoms with van der Waals surface area (Å²) in [6, 6.07) is 42.7. The number of fused-ring (bicyclic) bond motifs is 6. The van der Waals surface area contributed by atoms with Gasteiger partial charge in [-0.15, -0.1) is 0 Å². The number of pyridine rings is 4. The monoisotopic (exact) mass is 1410 g/mol. The Morgan fingerprint density at radius 1 is 0.167 bits per heavy atom. The van der Waals surface area contributed by atoms with Gasteiger partial charge in [-0.1, -0.05) is 208 Å². The van der Waals surface area contributed by atoms with Crippen molar-refractivity contribution in [1.29, 1.82) is 0 Å². The zero-order valence-corrected chi connectivity index (χ0v) is 63.4. The molecule has 0 radical (unpaired) electrons. The average molecular weight is 1420 g/mol. The molecule has 0 spiro atoms. The summed E-state index contributed by atoms with van der Waals surface area (Å²) in [4.78, 5) is 135. The molecule has 0 N–H and O–H groups in total. The Hall–Kier alpha value is -11.8. The van der Waals surface area contributed by atoms with Crippen LogP contribution in [-0.2, 0) is 0 Å². The van der Waals surface area contributed by atoms with Crippen LogP contribution in [0.15, 0.2) is 172 Å². The standard InChI is InChI=1S/C96H78N4O8/c1-39(2)47-21-17-22-48(40(3)4)85(47)97-89(101)59-33-29-55-57-31-35-62-74-71(57)79-75-63(37-65(93(97)105)67(59)69(55)75)77-81-80-72-58(32-36-61-73(72)83(77)95(107)99(91(61)103)87-51(43(9)10)25-19-26-52(87)44(11)12)56-30-34-60-68-66(94(106)98(90(60)102)86-49(41(5)6)23-18-24-50(86)42(7)8)38-64(76(80)70(56)68)78(82(79)81)84(74)96(108)100(92(62)104)88-53(45(13)14)27-20-28-54(88)46(15)16/h17-46H,1-16H3. The Morgan fingerprint density at radius 2 is 0.333 bits per heavy atom. The van der Waals surface area contributed by atoms with Gasteiger partial charge in [-0.2, -0.15) is 0 Å². The minimum Gasteiger partial charge on any atom is -0.268 e. The van der Waals surface area contributed by atoms with Gasteiger partial charge in [0.25, 0.3) is 44.5 Å². The number of hydrogen-bond donors (Lipinski definition) is 0. The van der Waals surface area contributed by atoms with E-state index in [0.29, 0.717) is 152 Å². The smallest absolute Gasteiger partial charge is 0.266 e. The van der Waals surface area contributed by atoms with Crippen LogP contribution in [0.4, 0.5) is 0 Å². The maximum absolute atomic E-state index is 17.7. The van der Waals surface area contributed by atoms with E-state index in [4.69, 9.17) is 0 Å². The molecule has 20 rings (SSSR count). The van der Waals surface area contributed by atoms with Crippen molar-refractivity contribution < 1.29 is 0 Å². The van der Waals surface area contributed by atoms with E-state index in [2.05, 4.69) is 111 Å². The summed E-state index contributed by atoms with van der Waals surface area (Å²) in [5.74, 6) is -0.992. The predicted octanol–water partition coefficient (Wildman–Crippen LogP) is 21.0. The van der Waals surface area contributed by atoms with Crippen LogP contribution in [0.25, 0.3) is 184 Å². The van der Waals surface area contributed by atoms with E-state index in [-0.39, 0.29) is 79.7 Å². The van der Waals surface area contributed by atoms with Crippen LogP contribution in [0.3, 0.4) is 0 Å². The van der Waals surface area contributed by atoms with Gasteiger partial charge in [-0.3, -0.25) is 38.4 Å². The number of para-hydroxylation sites is 4. The SMILES string of the molecule is CC(C)c1cccc(C(C)C)c1-n1c(=O)c2ccc3c4ccc5c(=O)n(-c6c(C(C)C)cccc6C(C)C)c(=O)c6c5c4c4c5c(cc(c1=O)c2c35)c1c2c(=O)n(-c3c(C(C)C)cccc3C(C)C)c(=O)c3ccc5c7ccc8c(=O)n(-c9c(C(C)C)cccc9C(C)C)c(=O)c9cc%10c6c4c1c(c5c32)c%10c7c89. The topological polar surface area (TPSA) is 156 Å². The molecule has 16 aromatic carbocycles. The van der Waals surface area contributed by atoms with E-state index in [1.807, 2.05) is 133 Å². The maximum atomic E-state index is 17.7. The second-order valence-corrected chi connectivity index (χ2v) is 33.5. The van der Waals surface area contributed by atoms with Crippen LogP contribution in [-0.4, -0.2) is 18.3 Å². The molecule has 0 bridgehead atoms. The van der Waals surface area contributed by atoms with Gasteiger partial charge in [0.05, 0.1) is 33.5 Å². The summed E-state index contributed by atoms with van der Waals surface area (Å²) in [7, 11) is 0. The van der Waals surface area contributed by atoms with Gasteiger partial charge in [-0.05, 0) is 204 Å². The molecule has 0 amide bonds. The molecule has 12 nitrogen and oxygen atoms in total. The number of rotatable bonds is 12. The molecule has 0 atom stereocenters. The number of hydrogen-bond acceptors (Lipinski definition) is 8. The molecule has 0 fully saturated rings. The Morgan fingerprint density at radius 3 is 0.574 bits per heavy atom. The molecule has 530 valence electrons. The van der Waals surface area contributed by atoms with Crippen LogP contribution in [0.2, 0.25) is 0 Å². The van der Waals surface area contributed by atoms with Crippen molar-refractivity contribution in [2.24, 2.45) is 0 Å². The first-order valence-electron chi connectivity index (χ1n) is 38.4. The van der Waals surface area contributed by atoms with Crippen LogP contribution in [0.1, 0.15) is 203 Å². The molecule has 0 unspecified atom stereocenters. The summed E-state index contributed by atoms with van der Waals surface area (Å²) < 4.78 is 5.54. The fourth-order valence-corrected chi connectivity index (χ4v) is 20.4. The highest BCUT2D eigenvalue weighted by Crippen LogP contribution is 2.60. The molecule has 4 heterocycles. The second-order valence-electron chi connectivity index (χ2n) is 33.5. The molecule has 12 heteroatoms. The third-order valence-corrected chi connectivity index (χ3v) is 25.0. The van der Waals surface area contributed by atoms with E-state index in [1.165, 1.54) is 18.3 Å². The van der Waals surface area contributed by atoms with Gasteiger partial charge < -0.3 is 0 Å². The summed E-state index contributed by atoms with van der Waals surface area (Å²) in [5, 5.41) is 14.3. The maximum Gasteiger partial charge on any atom is 0.266 e. The molecule has 0 saturated carbocycles. The fourth-order valence-electron chi connectivity index (χ4n) is 20.4. The Labute approximate surface area is 618 Å². The minimum absolute atomic E-state index is 0.102. The number of aromatic nitrogens is 4. The summed E-state index contributed by atoms with van der Waals surface area (Å²) >= 11 is 0. The molecular weight excluding hydrogens is 1340 g/mol. The van der Waals surface area contributed by atoms with Gasteiger partial charge in [0.1, 0.15) is 0 Å². The van der Waals surface area contributed by atoms with Crippen molar-refractivity contribution in [3.63, 3.8) is 0 Å². The molecule has 0 aliphatic carbocycles. The third kappa shape index (κ3) is 7.79. The lowest BCUT2D eigenvalue weighted by atomic mass is 9.73. The van der Waals surface area contributed by atoms with E-state index in [1.54, 1.807) is 0 Å². The first-order valence-corrected chi connectivity index (χ1v) is 38.4. The van der Waals surface area contributed by atoms with Crippen molar-refractivity contribution >= 4 is 162 Å². The highest BCUT2D eigenvalue weighted by Gasteiger charge is 2.38. The highest BCUT2D eigenvalue weighted by atomic mass is 16.2. The number of nitrogens with zero attached hydrogens (tertiary/aromatic N) is 4. The first kappa shape index (κ1) is 65.7. The van der Waals surface area contributed by atoms with Gasteiger partial charge >= 0.3 is 0 Å². The van der Waals surface area contributed by atoms with Gasteiger partial charge in [0, 0.05) is 75.4 Å². The molecule has 0 saturated heterocycles. The molecule has 4 aromatic heterocycles. The normalized spacial score (nSPS) is 13.2. The van der Waals surface area contributed by atoms with Crippen LogP contribution in [0, 0.1) is 0 Å². The van der Waals surface area contributed by atoms with Crippen molar-refractivity contribution in [2.45, 2.75) is 158 Å². The van der Waals surface area contributed by atoms with Crippen molar-refractivity contribution in [3.8, 4) is 22.7 Å². The van der Waals surface area contributed by atoms with E-state index in [0.717, 1.165) is 44.5 Å². The summed E-state index contributed by atoms with van der Waals surface area (Å²) in [6.45, 7) is 33.0. The molecule has 0 aliphatic rings. The molecule has 0 aliphatic heterocycles. The van der Waals surface area contributed by atoms with Gasteiger partial charge in [0.2, 0.25) is 0 Å². The average Bonchev–Trinajstić information content (AvgIpc) is 0.637. The van der Waals surface area contributed by atoms with E-state index in [9.17, 15) is 0 Å². The Bertz CT molecular complexity index is 7370. The summed E-state index contributed by atoms with van der Waals surface area (Å²) in [5.41, 5.74) is 4.39. The lowest BCUT2D eigenvalue weighted by molar-refractivity contribution is 0.792. The number of benzene rings is 16. The van der Waals surface area contributed by atoms with E-state index < -0.39 is 44.5 Å². The first-order chi connectivity index (χ1) is 51.7. The van der Waals surface area contributed by atoms with Crippen LogP contribution < -0.4 is 44.5 Å². The Balaban J connectivity index is 1.16. The lowest BCUT2D eigenvalue weighted by Crippen LogP contribution is -2.34. The van der Waals surface area contributed by atoms with Crippen LogP contribution in [0.5, 0.6) is 0 Å². The van der Waals surface area contributed by atoms with Crippen molar-refractivity contribution in [2.75, 3.05) is 0 Å². The molecule has 108 heavy (non-hydrogen) atoms. The molecular formula is C96H78N4O8. The van der Waals surface area contributed by atoms with Gasteiger partial charge in [-0.25, -0.2) is 18.3 Å². The second kappa shape index (κ2) is 22.0. The third-order valence-electron chi connectivity index (χ3n) is 25.0. The van der Waals surface area contributed by atoms with Gasteiger partial charge in [0.15, 0.2) is 0 Å². The minimum atomic E-state index is -0.575. The molecule has 20 aromatic rings. The summed E-state index contributed by atoms with van der Waals surface area (Å²) in [6.07, 6.45) is 0. The van der Waals surface area contributed by atoms with Crippen molar-refractivity contribution in [1.82, 2.24) is 18.3 Å². The highest BCUT2D eigenvalue weighted by molar-refractivity contribution is 6.61. The Kier molecular flexibility index (Phi) is 13.4. The zero-order valence-electron chi connectivity index (χ0n) is 63.4. The van der Waals surface area contributed by atoms with Crippen molar-refractivity contribution in [3.05, 3.63) is 261 Å². The quantitative estimate of drug-likeness (QED) is 0.0864. The largest absolute Gasteiger partial charge is 0.268 e. The predicted molar refractivity (Wildman–Crippen MR) is 450 cm³/mol. The van der Waals surface area contributed by atoms with E-state index >= 15 is 38.4 Å².